The van der Waals surface area contributed by atoms with Crippen molar-refractivity contribution in [2.75, 3.05) is 13.2 Å². The minimum atomic E-state index is -5.32. The summed E-state index contributed by atoms with van der Waals surface area (Å²) in [6, 6.07) is 17.9. The van der Waals surface area contributed by atoms with Crippen molar-refractivity contribution in [2.45, 2.75) is 63.2 Å². The molecular formula is C42H40Cl2N6O14S2. The molecule has 0 aliphatic carbocycles. The number of esters is 2. The predicted molar refractivity (Wildman–Crippen MR) is 231 cm³/mol. The summed E-state index contributed by atoms with van der Waals surface area (Å²) < 4.78 is 95.1. The fraction of sp³-hybridized carbons (Fsp3) is 0.286. The van der Waals surface area contributed by atoms with Crippen molar-refractivity contribution in [3.63, 3.8) is 0 Å². The molecule has 20 nitrogen and oxygen atoms in total. The molecule has 6 rings (SSSR count). The number of hydrogen-bond acceptors (Lipinski definition) is 18. The van der Waals surface area contributed by atoms with Gasteiger partial charge in [0.1, 0.15) is 59.8 Å². The van der Waals surface area contributed by atoms with Crippen molar-refractivity contribution < 1.29 is 63.3 Å². The van der Waals surface area contributed by atoms with Crippen LogP contribution in [0.2, 0.25) is 10.0 Å². The fourth-order valence-electron chi connectivity index (χ4n) is 6.25. The average Bonchev–Trinajstić information content (AvgIpc) is 4.02. The molecule has 0 amide bonds. The standard InChI is InChI=1S/C42H40Cl2N6O14S2/c1-27(51)59-21-39(3,4)37(53)41(49-25-45-23-47-49,61-31-17-13-29(43)14-18-31)63-65(55,56)35-11-7-10-34-33(35)9-8-12-36(34)66(57,58)64-42(50-26-46-24-48-50,62-32-19-15-30(44)16-20-32)38(54)40(5,6)22-60-28(2)52/h7-20,23-26H,21-22H2,1-6H3. The Labute approximate surface area is 387 Å². The van der Waals surface area contributed by atoms with Crippen LogP contribution in [0.3, 0.4) is 0 Å². The molecular weight excluding hydrogens is 948 g/mol. The molecule has 4 aromatic carbocycles. The molecule has 0 saturated carbocycles. The highest BCUT2D eigenvalue weighted by Crippen LogP contribution is 2.41. The van der Waals surface area contributed by atoms with E-state index in [2.05, 4.69) is 20.2 Å². The number of hydrogen-bond donors (Lipinski definition) is 0. The Bertz CT molecular complexity index is 2790. The van der Waals surface area contributed by atoms with E-state index in [0.29, 0.717) is 9.36 Å². The molecule has 24 heteroatoms. The summed E-state index contributed by atoms with van der Waals surface area (Å²) in [5, 5.41) is 7.98. The third-order valence-electron chi connectivity index (χ3n) is 9.48. The summed E-state index contributed by atoms with van der Waals surface area (Å²) in [6.07, 6.45) is 3.88. The second-order valence-corrected chi connectivity index (χ2v) is 19.5. The number of fused-ring (bicyclic) bond motifs is 1. The highest BCUT2D eigenvalue weighted by molar-refractivity contribution is 7.87. The number of Topliss-reactive ketones (excluding diaryl/α,β-unsaturated/α-hetero) is 2. The quantitative estimate of drug-likeness (QED) is 0.0495. The Kier molecular flexibility index (Phi) is 14.1. The lowest BCUT2D eigenvalue weighted by molar-refractivity contribution is -0.208. The van der Waals surface area contributed by atoms with Gasteiger partial charge in [-0.3, -0.25) is 19.2 Å². The van der Waals surface area contributed by atoms with Crippen LogP contribution in [0.1, 0.15) is 41.5 Å². The lowest BCUT2D eigenvalue weighted by Gasteiger charge is -2.36. The zero-order valence-electron chi connectivity index (χ0n) is 35.8. The van der Waals surface area contributed by atoms with Crippen LogP contribution in [0.4, 0.5) is 0 Å². The molecule has 6 aromatic rings. The molecule has 2 aromatic heterocycles. The number of benzene rings is 4. The first-order valence-electron chi connectivity index (χ1n) is 19.3. The van der Waals surface area contributed by atoms with Crippen molar-refractivity contribution >= 4 is 77.7 Å². The smallest absolute Gasteiger partial charge is 0.393 e. The molecule has 0 radical (unpaired) electrons. The normalized spacial score (nSPS) is 14.1. The Morgan fingerprint density at radius 1 is 0.561 bits per heavy atom. The van der Waals surface area contributed by atoms with Gasteiger partial charge in [-0.15, -0.1) is 0 Å². The van der Waals surface area contributed by atoms with Crippen LogP contribution in [0.25, 0.3) is 10.8 Å². The van der Waals surface area contributed by atoms with Crippen LogP contribution in [-0.4, -0.2) is 83.1 Å². The van der Waals surface area contributed by atoms with Gasteiger partial charge < -0.3 is 18.9 Å². The van der Waals surface area contributed by atoms with Gasteiger partial charge in [-0.05, 0) is 88.4 Å². The molecule has 0 N–H and O–H groups in total. The number of carbonyl (C=O) groups excluding carboxylic acids is 4. The summed E-state index contributed by atoms with van der Waals surface area (Å²) in [6.45, 7) is 6.47. The van der Waals surface area contributed by atoms with Crippen LogP contribution >= 0.6 is 23.2 Å². The van der Waals surface area contributed by atoms with E-state index in [4.69, 9.17) is 50.5 Å². The second-order valence-electron chi connectivity index (χ2n) is 15.6. The zero-order chi connectivity index (χ0) is 48.3. The summed E-state index contributed by atoms with van der Waals surface area (Å²) in [5.41, 5.74) is -3.49. The van der Waals surface area contributed by atoms with Gasteiger partial charge in [0, 0.05) is 34.7 Å². The summed E-state index contributed by atoms with van der Waals surface area (Å²) in [4.78, 5) is 59.7. The summed E-state index contributed by atoms with van der Waals surface area (Å²) >= 11 is 12.2. The van der Waals surface area contributed by atoms with E-state index < -0.39 is 89.4 Å². The SMILES string of the molecule is CC(=O)OCC(C)(C)C(=O)C(Oc1ccc(Cl)cc1)(OS(=O)(=O)c1cccc2c(S(=O)(=O)OC(Oc3ccc(Cl)cc3)(C(=O)C(C)(C)COC(C)=O)n3cncn3)cccc12)n1cncn1. The maximum atomic E-state index is 14.8. The zero-order valence-corrected chi connectivity index (χ0v) is 38.9. The van der Waals surface area contributed by atoms with Gasteiger partial charge in [0.25, 0.3) is 0 Å². The van der Waals surface area contributed by atoms with Gasteiger partial charge in [-0.2, -0.15) is 44.8 Å². The molecule has 2 heterocycles. The lowest BCUT2D eigenvalue weighted by Crippen LogP contribution is -2.57. The number of nitrogens with zero attached hydrogens (tertiary/aromatic N) is 6. The number of rotatable bonds is 20. The minimum Gasteiger partial charge on any atom is -0.465 e. The molecule has 0 saturated heterocycles. The van der Waals surface area contributed by atoms with Crippen LogP contribution in [0, 0.1) is 10.8 Å². The Hall–Kier alpha value is -6.30. The molecule has 2 atom stereocenters. The van der Waals surface area contributed by atoms with Crippen molar-refractivity contribution in [1.82, 2.24) is 29.5 Å². The number of ether oxygens (including phenoxy) is 4. The highest BCUT2D eigenvalue weighted by Gasteiger charge is 2.58. The monoisotopic (exact) mass is 986 g/mol. The van der Waals surface area contributed by atoms with Crippen molar-refractivity contribution in [3.8, 4) is 11.5 Å². The van der Waals surface area contributed by atoms with E-state index in [1.807, 2.05) is 0 Å². The Morgan fingerprint density at radius 2 is 0.909 bits per heavy atom. The topological polar surface area (TPSA) is 253 Å². The van der Waals surface area contributed by atoms with Crippen molar-refractivity contribution in [3.05, 3.63) is 120 Å². The van der Waals surface area contributed by atoms with Crippen LogP contribution in [-0.2, 0) is 69.1 Å². The molecule has 0 bridgehead atoms. The molecule has 0 aliphatic heterocycles. The van der Waals surface area contributed by atoms with E-state index in [9.17, 15) is 36.0 Å². The van der Waals surface area contributed by atoms with Gasteiger partial charge >= 0.3 is 44.0 Å². The molecule has 0 aliphatic rings. The van der Waals surface area contributed by atoms with Crippen LogP contribution < -0.4 is 9.47 Å². The third-order valence-corrected chi connectivity index (χ3v) is 12.7. The van der Waals surface area contributed by atoms with Gasteiger partial charge in [0.05, 0.1) is 10.8 Å². The first-order chi connectivity index (χ1) is 30.9. The first kappa shape index (κ1) is 49.1. The van der Waals surface area contributed by atoms with E-state index in [0.717, 1.165) is 51.3 Å². The number of ketones is 2. The third kappa shape index (κ3) is 10.4. The van der Waals surface area contributed by atoms with Crippen LogP contribution in [0.15, 0.2) is 120 Å². The van der Waals surface area contributed by atoms with E-state index in [-0.39, 0.29) is 32.3 Å². The summed E-state index contributed by atoms with van der Waals surface area (Å²) in [7, 11) is -10.6. The van der Waals surface area contributed by atoms with Gasteiger partial charge in [0.2, 0.25) is 11.6 Å². The lowest BCUT2D eigenvalue weighted by atomic mass is 9.86. The predicted octanol–water partition coefficient (Wildman–Crippen LogP) is 5.84. The molecule has 66 heavy (non-hydrogen) atoms. The highest BCUT2D eigenvalue weighted by atomic mass is 35.5. The summed E-state index contributed by atoms with van der Waals surface area (Å²) in [5.74, 6) is -10.1. The second kappa shape index (κ2) is 18.9. The van der Waals surface area contributed by atoms with Gasteiger partial charge in [-0.25, -0.2) is 9.97 Å². The maximum absolute atomic E-state index is 14.8. The van der Waals surface area contributed by atoms with Gasteiger partial charge in [0.15, 0.2) is 0 Å². The number of carbonyl (C=O) groups is 4. The minimum absolute atomic E-state index is 0.132. The fourth-order valence-corrected chi connectivity index (χ4v) is 9.04. The molecule has 0 fully saturated rings. The van der Waals surface area contributed by atoms with Crippen LogP contribution in [0.5, 0.6) is 11.5 Å². The first-order valence-corrected chi connectivity index (χ1v) is 22.9. The largest absolute Gasteiger partial charge is 0.465 e. The Balaban J connectivity index is 1.52. The van der Waals surface area contributed by atoms with Gasteiger partial charge in [-0.1, -0.05) is 47.5 Å². The Morgan fingerprint density at radius 3 is 1.21 bits per heavy atom. The van der Waals surface area contributed by atoms with Crippen molar-refractivity contribution in [2.24, 2.45) is 10.8 Å². The molecule has 348 valence electrons. The van der Waals surface area contributed by atoms with E-state index in [1.165, 1.54) is 100 Å². The number of halogens is 2. The average molecular weight is 988 g/mol. The van der Waals surface area contributed by atoms with Crippen molar-refractivity contribution in [1.29, 1.82) is 0 Å². The molecule has 2 unspecified atom stereocenters. The van der Waals surface area contributed by atoms with E-state index in [1.54, 1.807) is 0 Å². The van der Waals surface area contributed by atoms with E-state index >= 15 is 0 Å². The maximum Gasteiger partial charge on any atom is 0.393 e. The number of aromatic nitrogens is 6. The molecule has 0 spiro atoms.